The number of rotatable bonds is 4. The van der Waals surface area contributed by atoms with Gasteiger partial charge in [0.1, 0.15) is 0 Å². The second-order valence-electron chi connectivity index (χ2n) is 5.94. The smallest absolute Gasteiger partial charge is 0.258 e. The summed E-state index contributed by atoms with van der Waals surface area (Å²) in [6.45, 7) is 2.42. The first-order valence-electron chi connectivity index (χ1n) is 8.21. The lowest BCUT2D eigenvalue weighted by molar-refractivity contribution is 0.0988. The quantitative estimate of drug-likeness (QED) is 0.819. The van der Waals surface area contributed by atoms with Gasteiger partial charge < -0.3 is 4.90 Å². The van der Waals surface area contributed by atoms with E-state index in [4.69, 9.17) is 0 Å². The average Bonchev–Trinajstić information content (AvgIpc) is 2.98. The number of carbonyl (C=O) groups excluding carboxylic acids is 1. The number of hydrogen-bond donors (Lipinski definition) is 0. The Hall–Kier alpha value is -2.48. The molecule has 8 heteroatoms. The van der Waals surface area contributed by atoms with Crippen LogP contribution in [0.2, 0.25) is 0 Å². The minimum absolute atomic E-state index is 0.118. The molecule has 0 N–H and O–H groups in total. The third-order valence-corrected chi connectivity index (χ3v) is 6.15. The number of hydrogen-bond acceptors (Lipinski definition) is 3. The van der Waals surface area contributed by atoms with Crippen LogP contribution in [0.4, 0.5) is 20.2 Å². The Labute approximate surface area is 150 Å². The summed E-state index contributed by atoms with van der Waals surface area (Å²) in [5.41, 5.74) is 1.09. The maximum atomic E-state index is 13.5. The van der Waals surface area contributed by atoms with E-state index in [1.165, 1.54) is 27.4 Å². The highest BCUT2D eigenvalue weighted by molar-refractivity contribution is 7.93. The van der Waals surface area contributed by atoms with Crippen molar-refractivity contribution in [1.29, 1.82) is 0 Å². The number of benzene rings is 2. The van der Waals surface area contributed by atoms with Crippen LogP contribution in [-0.4, -0.2) is 33.2 Å². The van der Waals surface area contributed by atoms with Gasteiger partial charge in [0, 0.05) is 30.4 Å². The maximum absolute atomic E-state index is 13.5. The third kappa shape index (κ3) is 3.41. The summed E-state index contributed by atoms with van der Waals surface area (Å²) < 4.78 is 51.8. The van der Waals surface area contributed by atoms with Crippen molar-refractivity contribution in [2.75, 3.05) is 28.0 Å². The molecule has 0 radical (unpaired) electrons. The van der Waals surface area contributed by atoms with Crippen LogP contribution >= 0.6 is 0 Å². The Kier molecular flexibility index (Phi) is 4.95. The van der Waals surface area contributed by atoms with Crippen molar-refractivity contribution in [1.82, 2.24) is 0 Å². The van der Waals surface area contributed by atoms with E-state index in [0.29, 0.717) is 24.2 Å². The van der Waals surface area contributed by atoms with E-state index in [-0.39, 0.29) is 23.9 Å². The summed E-state index contributed by atoms with van der Waals surface area (Å²) in [6.07, 6.45) is 0.572. The van der Waals surface area contributed by atoms with Crippen molar-refractivity contribution in [3.8, 4) is 0 Å². The summed E-state index contributed by atoms with van der Waals surface area (Å²) in [5.74, 6) is -2.26. The van der Waals surface area contributed by atoms with Crippen LogP contribution in [0.15, 0.2) is 42.5 Å². The Morgan fingerprint density at radius 1 is 1.12 bits per heavy atom. The fourth-order valence-corrected chi connectivity index (χ4v) is 4.52. The topological polar surface area (TPSA) is 57.7 Å². The molecule has 0 unspecified atom stereocenters. The highest BCUT2D eigenvalue weighted by Gasteiger charge is 2.28. The Morgan fingerprint density at radius 2 is 1.81 bits per heavy atom. The van der Waals surface area contributed by atoms with Crippen LogP contribution in [0.25, 0.3) is 0 Å². The van der Waals surface area contributed by atoms with Gasteiger partial charge in [-0.25, -0.2) is 17.2 Å². The molecule has 3 rings (SSSR count). The first kappa shape index (κ1) is 18.3. The third-order valence-electron chi connectivity index (χ3n) is 4.28. The fourth-order valence-electron chi connectivity index (χ4n) is 2.95. The summed E-state index contributed by atoms with van der Waals surface area (Å²) in [4.78, 5) is 14.0. The van der Waals surface area contributed by atoms with Crippen molar-refractivity contribution in [3.05, 3.63) is 59.7 Å². The zero-order valence-corrected chi connectivity index (χ0v) is 15.0. The van der Waals surface area contributed by atoms with E-state index in [9.17, 15) is 22.0 Å². The minimum atomic E-state index is -3.29. The Balaban J connectivity index is 1.85. The van der Waals surface area contributed by atoms with Gasteiger partial charge in [-0.3, -0.25) is 9.10 Å². The number of amides is 1. The zero-order valence-electron chi connectivity index (χ0n) is 14.2. The van der Waals surface area contributed by atoms with Gasteiger partial charge in [-0.15, -0.1) is 0 Å². The highest BCUT2D eigenvalue weighted by atomic mass is 32.2. The fraction of sp³-hybridized carbons (Fsp3) is 0.278. The Morgan fingerprint density at radius 3 is 2.35 bits per heavy atom. The van der Waals surface area contributed by atoms with Gasteiger partial charge in [-0.05, 0) is 49.7 Å². The van der Waals surface area contributed by atoms with Crippen molar-refractivity contribution >= 4 is 27.3 Å². The van der Waals surface area contributed by atoms with E-state index in [2.05, 4.69) is 0 Å². The molecule has 1 fully saturated rings. The molecule has 0 aromatic heterocycles. The van der Waals surface area contributed by atoms with Crippen molar-refractivity contribution in [2.24, 2.45) is 0 Å². The van der Waals surface area contributed by atoms with Crippen LogP contribution in [-0.2, 0) is 10.0 Å². The van der Waals surface area contributed by atoms with E-state index >= 15 is 0 Å². The molecule has 2 aromatic carbocycles. The molecule has 0 bridgehead atoms. The molecule has 5 nitrogen and oxygen atoms in total. The SMILES string of the molecule is CCN(C(=O)c1ccc(N2CCCS2(=O)=O)cc1)c1ccc(F)c(F)c1. The molecule has 1 aliphatic rings. The highest BCUT2D eigenvalue weighted by Crippen LogP contribution is 2.25. The summed E-state index contributed by atoms with van der Waals surface area (Å²) in [7, 11) is -3.29. The van der Waals surface area contributed by atoms with E-state index in [0.717, 1.165) is 12.1 Å². The van der Waals surface area contributed by atoms with Crippen LogP contribution in [0.1, 0.15) is 23.7 Å². The molecule has 0 saturated carbocycles. The van der Waals surface area contributed by atoms with Gasteiger partial charge in [0.25, 0.3) is 5.91 Å². The van der Waals surface area contributed by atoms with Gasteiger partial charge in [-0.2, -0.15) is 0 Å². The number of nitrogens with zero attached hydrogens (tertiary/aromatic N) is 2. The molecule has 1 saturated heterocycles. The molecular formula is C18H18F2N2O3S. The molecule has 2 aromatic rings. The van der Waals surface area contributed by atoms with E-state index in [1.54, 1.807) is 19.1 Å². The molecule has 1 aliphatic heterocycles. The number of halogens is 2. The van der Waals surface area contributed by atoms with Gasteiger partial charge in [-0.1, -0.05) is 0 Å². The molecule has 0 spiro atoms. The van der Waals surface area contributed by atoms with Crippen LogP contribution in [0, 0.1) is 11.6 Å². The van der Waals surface area contributed by atoms with Crippen molar-refractivity contribution < 1.29 is 22.0 Å². The number of carbonyl (C=O) groups is 1. The van der Waals surface area contributed by atoms with Crippen molar-refractivity contribution in [2.45, 2.75) is 13.3 Å². The standard InChI is InChI=1S/C18H18F2N2O3S/c1-2-21(15-8-9-16(19)17(20)12-15)18(23)13-4-6-14(7-5-13)22-10-3-11-26(22,24)25/h4-9,12H,2-3,10-11H2,1H3. The predicted octanol–water partition coefficient (Wildman–Crippen LogP) is 3.17. The summed E-state index contributed by atoms with van der Waals surface area (Å²) in [6, 6.07) is 9.52. The summed E-state index contributed by atoms with van der Waals surface area (Å²) >= 11 is 0. The van der Waals surface area contributed by atoms with E-state index < -0.39 is 21.7 Å². The second-order valence-corrected chi connectivity index (χ2v) is 7.95. The first-order chi connectivity index (χ1) is 12.3. The minimum Gasteiger partial charge on any atom is -0.309 e. The van der Waals surface area contributed by atoms with E-state index in [1.807, 2.05) is 0 Å². The maximum Gasteiger partial charge on any atom is 0.258 e. The monoisotopic (exact) mass is 380 g/mol. The van der Waals surface area contributed by atoms with Crippen LogP contribution in [0.3, 0.4) is 0 Å². The number of sulfonamides is 1. The van der Waals surface area contributed by atoms with Crippen molar-refractivity contribution in [3.63, 3.8) is 0 Å². The summed E-state index contributed by atoms with van der Waals surface area (Å²) in [5, 5.41) is 0. The lowest BCUT2D eigenvalue weighted by Crippen LogP contribution is -2.31. The normalized spacial score (nSPS) is 15.9. The molecule has 26 heavy (non-hydrogen) atoms. The predicted molar refractivity (Wildman–Crippen MR) is 95.9 cm³/mol. The molecule has 138 valence electrons. The molecule has 0 atom stereocenters. The second kappa shape index (κ2) is 7.03. The molecule has 1 amide bonds. The Bertz CT molecular complexity index is 930. The van der Waals surface area contributed by atoms with Crippen LogP contribution in [0.5, 0.6) is 0 Å². The molecule has 0 aliphatic carbocycles. The average molecular weight is 380 g/mol. The van der Waals surface area contributed by atoms with Gasteiger partial charge in [0.15, 0.2) is 11.6 Å². The number of anilines is 2. The van der Waals surface area contributed by atoms with Gasteiger partial charge >= 0.3 is 0 Å². The lowest BCUT2D eigenvalue weighted by Gasteiger charge is -2.22. The first-order valence-corrected chi connectivity index (χ1v) is 9.82. The van der Waals surface area contributed by atoms with Gasteiger partial charge in [0.2, 0.25) is 10.0 Å². The zero-order chi connectivity index (χ0) is 18.9. The lowest BCUT2D eigenvalue weighted by atomic mass is 10.1. The van der Waals surface area contributed by atoms with Gasteiger partial charge in [0.05, 0.1) is 11.4 Å². The van der Waals surface area contributed by atoms with Crippen LogP contribution < -0.4 is 9.21 Å². The molecule has 1 heterocycles. The largest absolute Gasteiger partial charge is 0.309 e. The molecular weight excluding hydrogens is 362 g/mol.